The average Bonchev–Trinajstić information content (AvgIpc) is 3.09. The number of carbonyl (C=O) groups is 1. The lowest BCUT2D eigenvalue weighted by molar-refractivity contribution is -0.116. The predicted molar refractivity (Wildman–Crippen MR) is 89.0 cm³/mol. The Morgan fingerprint density at radius 1 is 1.18 bits per heavy atom. The van der Waals surface area contributed by atoms with E-state index in [1.807, 2.05) is 30.3 Å². The Morgan fingerprint density at radius 2 is 1.95 bits per heavy atom. The van der Waals surface area contributed by atoms with Crippen LogP contribution >= 0.6 is 0 Å². The van der Waals surface area contributed by atoms with Crippen LogP contribution in [-0.2, 0) is 4.79 Å². The highest BCUT2D eigenvalue weighted by molar-refractivity contribution is 5.90. The van der Waals surface area contributed by atoms with E-state index in [1.54, 1.807) is 0 Å². The first-order valence-corrected chi connectivity index (χ1v) is 8.33. The molecular weight excluding hydrogens is 276 g/mol. The number of rotatable bonds is 5. The smallest absolute Gasteiger partial charge is 0.225 e. The van der Waals surface area contributed by atoms with Crippen molar-refractivity contribution in [2.75, 3.05) is 51.1 Å². The molecule has 2 aliphatic heterocycles. The number of hydrogen-bond acceptors (Lipinski definition) is 4. The minimum absolute atomic E-state index is 0.105. The molecule has 1 unspecified atom stereocenters. The van der Waals surface area contributed by atoms with Crippen molar-refractivity contribution in [2.45, 2.75) is 18.9 Å². The van der Waals surface area contributed by atoms with Crippen molar-refractivity contribution in [2.24, 2.45) is 0 Å². The summed E-state index contributed by atoms with van der Waals surface area (Å²) in [5.41, 5.74) is 0.881. The van der Waals surface area contributed by atoms with E-state index in [0.29, 0.717) is 6.42 Å². The van der Waals surface area contributed by atoms with Crippen molar-refractivity contribution in [3.63, 3.8) is 0 Å². The fraction of sp³-hybridized carbons (Fsp3) is 0.588. The molecule has 1 aromatic carbocycles. The van der Waals surface area contributed by atoms with E-state index in [4.69, 9.17) is 0 Å². The zero-order valence-corrected chi connectivity index (χ0v) is 13.1. The minimum Gasteiger partial charge on any atom is -0.326 e. The third kappa shape index (κ3) is 4.29. The molecule has 2 N–H and O–H groups in total. The Kier molecular flexibility index (Phi) is 5.43. The van der Waals surface area contributed by atoms with Crippen LogP contribution in [0.15, 0.2) is 30.3 Å². The molecule has 0 aromatic heterocycles. The van der Waals surface area contributed by atoms with Crippen LogP contribution in [0.25, 0.3) is 0 Å². The molecule has 0 aliphatic carbocycles. The standard InChI is InChI=1S/C17H26N4O/c22-17(19-15-4-2-1-3-5-15)7-9-20-10-12-21(13-11-20)16-6-8-18-14-16/h1-5,16,18H,6-14H2,(H,19,22). The molecule has 5 nitrogen and oxygen atoms in total. The minimum atomic E-state index is 0.105. The van der Waals surface area contributed by atoms with E-state index >= 15 is 0 Å². The molecule has 0 bridgehead atoms. The van der Waals surface area contributed by atoms with Gasteiger partial charge in [0.1, 0.15) is 0 Å². The first kappa shape index (κ1) is 15.5. The summed E-state index contributed by atoms with van der Waals surface area (Å²) in [7, 11) is 0. The lowest BCUT2D eigenvalue weighted by Gasteiger charge is -2.37. The maximum absolute atomic E-state index is 12.0. The average molecular weight is 302 g/mol. The summed E-state index contributed by atoms with van der Waals surface area (Å²) in [6.07, 6.45) is 1.85. The molecule has 0 spiro atoms. The molecular formula is C17H26N4O. The quantitative estimate of drug-likeness (QED) is 0.852. The van der Waals surface area contributed by atoms with Gasteiger partial charge in [-0.25, -0.2) is 0 Å². The van der Waals surface area contributed by atoms with Crippen LogP contribution in [0, 0.1) is 0 Å². The van der Waals surface area contributed by atoms with Crippen molar-refractivity contribution in [3.8, 4) is 0 Å². The molecule has 0 saturated carbocycles. The highest BCUT2D eigenvalue weighted by Gasteiger charge is 2.25. The number of hydrogen-bond donors (Lipinski definition) is 2. The normalized spacial score (nSPS) is 23.5. The summed E-state index contributed by atoms with van der Waals surface area (Å²) < 4.78 is 0. The van der Waals surface area contributed by atoms with Crippen LogP contribution in [0.1, 0.15) is 12.8 Å². The van der Waals surface area contributed by atoms with E-state index in [2.05, 4.69) is 20.4 Å². The van der Waals surface area contributed by atoms with Gasteiger partial charge in [-0.05, 0) is 25.1 Å². The third-order valence-electron chi connectivity index (χ3n) is 4.67. The summed E-state index contributed by atoms with van der Waals surface area (Å²) >= 11 is 0. The second-order valence-corrected chi connectivity index (χ2v) is 6.19. The first-order valence-electron chi connectivity index (χ1n) is 8.33. The van der Waals surface area contributed by atoms with Gasteiger partial charge in [0.15, 0.2) is 0 Å². The van der Waals surface area contributed by atoms with Crippen LogP contribution in [-0.4, -0.2) is 67.6 Å². The van der Waals surface area contributed by atoms with E-state index in [9.17, 15) is 4.79 Å². The lowest BCUT2D eigenvalue weighted by atomic mass is 10.2. The van der Waals surface area contributed by atoms with Gasteiger partial charge in [-0.15, -0.1) is 0 Å². The number of amides is 1. The Morgan fingerprint density at radius 3 is 2.64 bits per heavy atom. The third-order valence-corrected chi connectivity index (χ3v) is 4.67. The Hall–Kier alpha value is -1.43. The van der Waals surface area contributed by atoms with Crippen molar-refractivity contribution >= 4 is 11.6 Å². The zero-order valence-electron chi connectivity index (χ0n) is 13.1. The van der Waals surface area contributed by atoms with Gasteiger partial charge in [0, 0.05) is 57.4 Å². The fourth-order valence-electron chi connectivity index (χ4n) is 3.31. The van der Waals surface area contributed by atoms with Crippen LogP contribution in [0.5, 0.6) is 0 Å². The van der Waals surface area contributed by atoms with Crippen LogP contribution in [0.4, 0.5) is 5.69 Å². The zero-order chi connectivity index (χ0) is 15.2. The molecule has 2 saturated heterocycles. The molecule has 1 aromatic rings. The summed E-state index contributed by atoms with van der Waals surface area (Å²) in [6, 6.07) is 10.4. The number of piperazine rings is 1. The van der Waals surface area contributed by atoms with E-state index in [-0.39, 0.29) is 5.91 Å². The second kappa shape index (κ2) is 7.72. The van der Waals surface area contributed by atoms with E-state index in [1.165, 1.54) is 6.42 Å². The Balaban J connectivity index is 1.35. The Labute approximate surface area is 132 Å². The highest BCUT2D eigenvalue weighted by Crippen LogP contribution is 2.12. The predicted octanol–water partition coefficient (Wildman–Crippen LogP) is 0.995. The molecule has 120 valence electrons. The lowest BCUT2D eigenvalue weighted by Crippen LogP contribution is -2.51. The maximum Gasteiger partial charge on any atom is 0.225 e. The van der Waals surface area contributed by atoms with Gasteiger partial charge < -0.3 is 15.5 Å². The second-order valence-electron chi connectivity index (χ2n) is 6.19. The maximum atomic E-state index is 12.0. The molecule has 5 heteroatoms. The van der Waals surface area contributed by atoms with Gasteiger partial charge in [-0.1, -0.05) is 18.2 Å². The summed E-state index contributed by atoms with van der Waals surface area (Å²) in [4.78, 5) is 17.0. The van der Waals surface area contributed by atoms with Crippen LogP contribution in [0.3, 0.4) is 0 Å². The monoisotopic (exact) mass is 302 g/mol. The van der Waals surface area contributed by atoms with Crippen molar-refractivity contribution in [3.05, 3.63) is 30.3 Å². The molecule has 1 atom stereocenters. The molecule has 22 heavy (non-hydrogen) atoms. The van der Waals surface area contributed by atoms with Crippen LogP contribution < -0.4 is 10.6 Å². The number of benzene rings is 1. The van der Waals surface area contributed by atoms with Gasteiger partial charge in [0.25, 0.3) is 0 Å². The van der Waals surface area contributed by atoms with Gasteiger partial charge in [-0.2, -0.15) is 0 Å². The van der Waals surface area contributed by atoms with Crippen LogP contribution in [0.2, 0.25) is 0 Å². The fourth-order valence-corrected chi connectivity index (χ4v) is 3.31. The number of nitrogens with zero attached hydrogens (tertiary/aromatic N) is 2. The largest absolute Gasteiger partial charge is 0.326 e. The van der Waals surface area contributed by atoms with Crippen molar-refractivity contribution in [1.82, 2.24) is 15.1 Å². The molecule has 2 fully saturated rings. The van der Waals surface area contributed by atoms with E-state index < -0.39 is 0 Å². The van der Waals surface area contributed by atoms with Crippen molar-refractivity contribution < 1.29 is 4.79 Å². The topological polar surface area (TPSA) is 47.6 Å². The van der Waals surface area contributed by atoms with Crippen molar-refractivity contribution in [1.29, 1.82) is 0 Å². The Bertz CT molecular complexity index is 465. The van der Waals surface area contributed by atoms with Gasteiger partial charge >= 0.3 is 0 Å². The molecule has 2 aliphatic rings. The van der Waals surface area contributed by atoms with Gasteiger partial charge in [0.2, 0.25) is 5.91 Å². The van der Waals surface area contributed by atoms with E-state index in [0.717, 1.165) is 57.5 Å². The highest BCUT2D eigenvalue weighted by atomic mass is 16.1. The molecule has 0 radical (unpaired) electrons. The summed E-state index contributed by atoms with van der Waals surface area (Å²) in [5.74, 6) is 0.105. The molecule has 2 heterocycles. The summed E-state index contributed by atoms with van der Waals surface area (Å²) in [6.45, 7) is 7.57. The summed E-state index contributed by atoms with van der Waals surface area (Å²) in [5, 5.41) is 6.39. The van der Waals surface area contributed by atoms with Gasteiger partial charge in [0.05, 0.1) is 0 Å². The number of para-hydroxylation sites is 1. The first-order chi connectivity index (χ1) is 10.8. The van der Waals surface area contributed by atoms with Gasteiger partial charge in [-0.3, -0.25) is 9.69 Å². The molecule has 3 rings (SSSR count). The SMILES string of the molecule is O=C(CCN1CCN(C2CCNC2)CC1)Nc1ccccc1. The molecule has 1 amide bonds. The number of carbonyl (C=O) groups excluding carboxylic acids is 1. The number of anilines is 1. The number of nitrogens with one attached hydrogen (secondary N) is 2.